The Bertz CT molecular complexity index is 267. The van der Waals surface area contributed by atoms with Gasteiger partial charge >= 0.3 is 0 Å². The van der Waals surface area contributed by atoms with Crippen molar-refractivity contribution in [1.29, 1.82) is 0 Å². The van der Waals surface area contributed by atoms with E-state index < -0.39 is 0 Å². The molecule has 1 heterocycles. The Labute approximate surface area is 126 Å². The molecular formula is C19H34O. The molecule has 0 radical (unpaired) electrons. The number of hydrogen-bond acceptors (Lipinski definition) is 1. The van der Waals surface area contributed by atoms with Crippen LogP contribution in [0.3, 0.4) is 0 Å². The SMILES string of the molecule is CCCCCCCCC/C=C/C/C=C/C[C@H]1O[C@H]1CC. The fourth-order valence-electron chi connectivity index (χ4n) is 2.58. The maximum atomic E-state index is 5.50. The van der Waals surface area contributed by atoms with Crippen LogP contribution in [0.1, 0.15) is 84.5 Å². The molecule has 2 atom stereocenters. The van der Waals surface area contributed by atoms with Crippen molar-refractivity contribution in [3.8, 4) is 0 Å². The highest BCUT2D eigenvalue weighted by Gasteiger charge is 2.35. The molecule has 0 aromatic carbocycles. The molecule has 0 spiro atoms. The predicted molar refractivity (Wildman–Crippen MR) is 89.1 cm³/mol. The number of allylic oxidation sites excluding steroid dienone is 3. The first-order chi connectivity index (χ1) is 9.88. The first-order valence-electron chi connectivity index (χ1n) is 8.84. The van der Waals surface area contributed by atoms with Crippen molar-refractivity contribution in [2.24, 2.45) is 0 Å². The summed E-state index contributed by atoms with van der Waals surface area (Å²) in [5.41, 5.74) is 0. The molecule has 1 aliphatic heterocycles. The van der Waals surface area contributed by atoms with Crippen LogP contribution >= 0.6 is 0 Å². The van der Waals surface area contributed by atoms with E-state index >= 15 is 0 Å². The van der Waals surface area contributed by atoms with Crippen LogP contribution in [0, 0.1) is 0 Å². The molecule has 1 nitrogen and oxygen atoms in total. The topological polar surface area (TPSA) is 12.5 Å². The summed E-state index contributed by atoms with van der Waals surface area (Å²) >= 11 is 0. The Hall–Kier alpha value is -0.560. The number of epoxide rings is 1. The van der Waals surface area contributed by atoms with E-state index in [1.807, 2.05) is 0 Å². The summed E-state index contributed by atoms with van der Waals surface area (Å²) in [5.74, 6) is 0. The van der Waals surface area contributed by atoms with Gasteiger partial charge in [0, 0.05) is 0 Å². The minimum Gasteiger partial charge on any atom is -0.369 e. The molecule has 0 amide bonds. The molecule has 0 aromatic heterocycles. The van der Waals surface area contributed by atoms with Gasteiger partial charge in [0.2, 0.25) is 0 Å². The Morgan fingerprint density at radius 1 is 0.750 bits per heavy atom. The van der Waals surface area contributed by atoms with E-state index in [2.05, 4.69) is 38.2 Å². The van der Waals surface area contributed by atoms with Gasteiger partial charge in [-0.15, -0.1) is 0 Å². The zero-order valence-electron chi connectivity index (χ0n) is 13.7. The van der Waals surface area contributed by atoms with Crippen molar-refractivity contribution in [1.82, 2.24) is 0 Å². The van der Waals surface area contributed by atoms with E-state index in [1.165, 1.54) is 51.4 Å². The lowest BCUT2D eigenvalue weighted by molar-refractivity contribution is 0.367. The third-order valence-electron chi connectivity index (χ3n) is 4.04. The van der Waals surface area contributed by atoms with Crippen LogP contribution < -0.4 is 0 Å². The van der Waals surface area contributed by atoms with Gasteiger partial charge in [0.25, 0.3) is 0 Å². The van der Waals surface area contributed by atoms with Gasteiger partial charge in [0.15, 0.2) is 0 Å². The minimum absolute atomic E-state index is 0.521. The van der Waals surface area contributed by atoms with Crippen LogP contribution in [0.5, 0.6) is 0 Å². The van der Waals surface area contributed by atoms with E-state index in [0.717, 1.165) is 19.3 Å². The molecule has 1 aliphatic rings. The lowest BCUT2D eigenvalue weighted by atomic mass is 10.1. The smallest absolute Gasteiger partial charge is 0.0876 e. The summed E-state index contributed by atoms with van der Waals surface area (Å²) in [4.78, 5) is 0. The van der Waals surface area contributed by atoms with Crippen LogP contribution in [0.2, 0.25) is 0 Å². The van der Waals surface area contributed by atoms with Crippen molar-refractivity contribution in [2.45, 2.75) is 96.7 Å². The van der Waals surface area contributed by atoms with Crippen molar-refractivity contribution in [3.05, 3.63) is 24.3 Å². The van der Waals surface area contributed by atoms with Crippen LogP contribution in [0.4, 0.5) is 0 Å². The minimum atomic E-state index is 0.521. The fraction of sp³-hybridized carbons (Fsp3) is 0.789. The van der Waals surface area contributed by atoms with E-state index in [0.29, 0.717) is 12.2 Å². The molecule has 1 saturated heterocycles. The second-order valence-corrected chi connectivity index (χ2v) is 5.95. The largest absolute Gasteiger partial charge is 0.369 e. The second-order valence-electron chi connectivity index (χ2n) is 5.95. The molecule has 0 saturated carbocycles. The van der Waals surface area contributed by atoms with Gasteiger partial charge in [-0.1, -0.05) is 76.7 Å². The molecule has 1 heteroatoms. The van der Waals surface area contributed by atoms with Gasteiger partial charge in [-0.25, -0.2) is 0 Å². The Balaban J connectivity index is 1.79. The third-order valence-corrected chi connectivity index (χ3v) is 4.04. The highest BCUT2D eigenvalue weighted by atomic mass is 16.6. The second kappa shape index (κ2) is 12.2. The zero-order valence-corrected chi connectivity index (χ0v) is 13.7. The third kappa shape index (κ3) is 9.36. The molecule has 1 rings (SSSR count). The summed E-state index contributed by atoms with van der Waals surface area (Å²) in [6, 6.07) is 0. The van der Waals surface area contributed by atoms with Gasteiger partial charge in [0.05, 0.1) is 12.2 Å². The lowest BCUT2D eigenvalue weighted by Crippen LogP contribution is -1.88. The van der Waals surface area contributed by atoms with Gasteiger partial charge < -0.3 is 4.74 Å². The van der Waals surface area contributed by atoms with Crippen molar-refractivity contribution < 1.29 is 4.74 Å². The maximum absolute atomic E-state index is 5.50. The Morgan fingerprint density at radius 3 is 2.15 bits per heavy atom. The van der Waals surface area contributed by atoms with E-state index in [9.17, 15) is 0 Å². The lowest BCUT2D eigenvalue weighted by Gasteiger charge is -1.98. The van der Waals surface area contributed by atoms with Gasteiger partial charge in [-0.05, 0) is 32.1 Å². The van der Waals surface area contributed by atoms with E-state index in [1.54, 1.807) is 0 Å². The molecule has 0 N–H and O–H groups in total. The van der Waals surface area contributed by atoms with Crippen LogP contribution in [-0.4, -0.2) is 12.2 Å². The molecule has 0 bridgehead atoms. The van der Waals surface area contributed by atoms with E-state index in [-0.39, 0.29) is 0 Å². The Morgan fingerprint density at radius 2 is 1.45 bits per heavy atom. The summed E-state index contributed by atoms with van der Waals surface area (Å²) in [7, 11) is 0. The van der Waals surface area contributed by atoms with Crippen LogP contribution in [0.15, 0.2) is 24.3 Å². The monoisotopic (exact) mass is 278 g/mol. The van der Waals surface area contributed by atoms with Crippen molar-refractivity contribution in [3.63, 3.8) is 0 Å². The van der Waals surface area contributed by atoms with E-state index in [4.69, 9.17) is 4.74 Å². The molecule has 0 aliphatic carbocycles. The predicted octanol–water partition coefficient (Wildman–Crippen LogP) is 6.20. The van der Waals surface area contributed by atoms with Gasteiger partial charge in [-0.2, -0.15) is 0 Å². The average molecular weight is 278 g/mol. The molecular weight excluding hydrogens is 244 g/mol. The van der Waals surface area contributed by atoms with Gasteiger partial charge in [0.1, 0.15) is 0 Å². The normalized spacial score (nSPS) is 22.1. The molecule has 1 fully saturated rings. The number of ether oxygens (including phenoxy) is 1. The van der Waals surface area contributed by atoms with Crippen LogP contribution in [-0.2, 0) is 4.74 Å². The first kappa shape index (κ1) is 17.5. The van der Waals surface area contributed by atoms with Crippen molar-refractivity contribution >= 4 is 0 Å². The maximum Gasteiger partial charge on any atom is 0.0876 e. The summed E-state index contributed by atoms with van der Waals surface area (Å²) in [5, 5.41) is 0. The first-order valence-corrected chi connectivity index (χ1v) is 8.84. The highest BCUT2D eigenvalue weighted by Crippen LogP contribution is 2.28. The van der Waals surface area contributed by atoms with Crippen LogP contribution in [0.25, 0.3) is 0 Å². The Kier molecular flexibility index (Phi) is 10.7. The quantitative estimate of drug-likeness (QED) is 0.222. The fourth-order valence-corrected chi connectivity index (χ4v) is 2.58. The molecule has 116 valence electrons. The molecule has 0 aromatic rings. The number of rotatable bonds is 13. The van der Waals surface area contributed by atoms with Gasteiger partial charge in [-0.3, -0.25) is 0 Å². The summed E-state index contributed by atoms with van der Waals surface area (Å²) < 4.78 is 5.50. The zero-order chi connectivity index (χ0) is 14.5. The van der Waals surface area contributed by atoms with Crippen molar-refractivity contribution in [2.75, 3.05) is 0 Å². The summed E-state index contributed by atoms with van der Waals surface area (Å²) in [6.07, 6.45) is 24.7. The highest BCUT2D eigenvalue weighted by molar-refractivity contribution is 4.97. The summed E-state index contributed by atoms with van der Waals surface area (Å²) in [6.45, 7) is 4.47. The molecule has 0 unspecified atom stereocenters. The number of hydrogen-bond donors (Lipinski definition) is 0. The molecule has 20 heavy (non-hydrogen) atoms. The average Bonchev–Trinajstić information content (AvgIpc) is 3.22. The standard InChI is InChI=1S/C19H34O/c1-3-5-6-7-8-9-10-11-12-13-14-15-16-17-19-18(4-2)20-19/h12-13,15-16,18-19H,3-11,14,17H2,1-2H3/b13-12+,16-15+/t18-,19+/m0/s1. The number of unbranched alkanes of at least 4 members (excludes halogenated alkanes) is 7.